The number of carbonyl (C=O) groups excluding carboxylic acids is 4. The first-order chi connectivity index (χ1) is 16.9. The molecule has 0 saturated carbocycles. The Morgan fingerprint density at radius 1 is 0.714 bits per heavy atom. The zero-order valence-corrected chi connectivity index (χ0v) is 18.3. The maximum atomic E-state index is 13.2. The van der Waals surface area contributed by atoms with Crippen LogP contribution < -0.4 is 9.64 Å². The molecule has 1 aliphatic heterocycles. The van der Waals surface area contributed by atoms with Crippen LogP contribution in [0.3, 0.4) is 0 Å². The molecular formula is C26H15N3O6. The Kier molecular flexibility index (Phi) is 4.46. The second kappa shape index (κ2) is 7.56. The van der Waals surface area contributed by atoms with Gasteiger partial charge in [0.25, 0.3) is 11.8 Å². The molecule has 2 amide bonds. The van der Waals surface area contributed by atoms with Crippen LogP contribution in [0.5, 0.6) is 5.75 Å². The average molecular weight is 465 g/mol. The number of hydrogen-bond donors (Lipinski definition) is 0. The second-order valence-corrected chi connectivity index (χ2v) is 8.11. The third-order valence-electron chi connectivity index (χ3n) is 6.10. The first-order valence-corrected chi connectivity index (χ1v) is 10.7. The van der Waals surface area contributed by atoms with Crippen molar-refractivity contribution in [1.29, 1.82) is 0 Å². The predicted octanol–water partition coefficient (Wildman–Crippen LogP) is 3.98. The molecule has 0 bridgehead atoms. The minimum Gasteiger partial charge on any atom is -0.497 e. The lowest BCUT2D eigenvalue weighted by atomic mass is 9.97. The molecule has 0 radical (unpaired) electrons. The van der Waals surface area contributed by atoms with Gasteiger partial charge < -0.3 is 9.15 Å². The molecule has 170 valence electrons. The molecule has 9 heteroatoms. The Morgan fingerprint density at radius 3 is 2.03 bits per heavy atom. The summed E-state index contributed by atoms with van der Waals surface area (Å²) < 4.78 is 10.8. The molecule has 0 atom stereocenters. The smallest absolute Gasteiger partial charge is 0.332 e. The minimum absolute atomic E-state index is 0.131. The molecule has 35 heavy (non-hydrogen) atoms. The van der Waals surface area contributed by atoms with Crippen molar-refractivity contribution in [2.75, 3.05) is 12.0 Å². The number of Topliss-reactive ketones (excluding diaryl/α,β-unsaturated/α-hetero) is 2. The van der Waals surface area contributed by atoms with E-state index in [1.807, 2.05) is 0 Å². The Hall–Kier alpha value is -4.92. The topological polar surface area (TPSA) is 120 Å². The van der Waals surface area contributed by atoms with Gasteiger partial charge in [-0.2, -0.15) is 4.90 Å². The maximum Gasteiger partial charge on any atom is 0.332 e. The van der Waals surface area contributed by atoms with Crippen molar-refractivity contribution < 1.29 is 28.3 Å². The number of amides is 2. The van der Waals surface area contributed by atoms with Gasteiger partial charge >= 0.3 is 6.01 Å². The van der Waals surface area contributed by atoms with Crippen LogP contribution in [-0.4, -0.2) is 40.7 Å². The van der Waals surface area contributed by atoms with Gasteiger partial charge in [-0.05, 0) is 53.6 Å². The van der Waals surface area contributed by atoms with Crippen molar-refractivity contribution >= 4 is 29.4 Å². The maximum absolute atomic E-state index is 13.2. The highest BCUT2D eigenvalue weighted by Crippen LogP contribution is 2.34. The number of ketones is 2. The van der Waals surface area contributed by atoms with Gasteiger partial charge in [-0.3, -0.25) is 19.2 Å². The number of benzene rings is 3. The van der Waals surface area contributed by atoms with Gasteiger partial charge in [0.2, 0.25) is 5.89 Å². The highest BCUT2D eigenvalue weighted by Gasteiger charge is 2.40. The third kappa shape index (κ3) is 3.17. The standard InChI is InChI=1S/C26H15N3O6/c1-34-16-6-2-13(3-7-16)23-27-28-26(35-23)29-24(32)18-9-5-15(11-20(18)25(29)33)14-4-8-17-19(10-14)22(31)12-21(17)30/h2-11H,12H2,1H3. The number of fused-ring (bicyclic) bond motifs is 2. The molecule has 1 aliphatic carbocycles. The van der Waals surface area contributed by atoms with E-state index in [1.165, 1.54) is 0 Å². The second-order valence-electron chi connectivity index (χ2n) is 8.11. The molecule has 3 aromatic carbocycles. The van der Waals surface area contributed by atoms with Crippen LogP contribution in [0.2, 0.25) is 0 Å². The normalized spacial score (nSPS) is 14.5. The van der Waals surface area contributed by atoms with Gasteiger partial charge in [0.1, 0.15) is 5.75 Å². The molecule has 2 heterocycles. The van der Waals surface area contributed by atoms with Crippen molar-refractivity contribution in [2.24, 2.45) is 0 Å². The van der Waals surface area contributed by atoms with Crippen LogP contribution in [0.4, 0.5) is 6.01 Å². The number of nitrogens with zero attached hydrogens (tertiary/aromatic N) is 3. The number of imide groups is 1. The fourth-order valence-corrected chi connectivity index (χ4v) is 4.28. The molecule has 1 aromatic heterocycles. The summed E-state index contributed by atoms with van der Waals surface area (Å²) in [5.74, 6) is -0.786. The van der Waals surface area contributed by atoms with Crippen LogP contribution in [0, 0.1) is 0 Å². The SMILES string of the molecule is COc1ccc(-c2nnc(N3C(=O)c4ccc(-c5ccc6c(c5)C(=O)CC6=O)cc4C3=O)o2)cc1. The summed E-state index contributed by atoms with van der Waals surface area (Å²) in [6.07, 6.45) is -0.131. The number of anilines is 1. The van der Waals surface area contributed by atoms with Crippen molar-refractivity contribution in [2.45, 2.75) is 6.42 Å². The van der Waals surface area contributed by atoms with Crippen LogP contribution in [-0.2, 0) is 0 Å². The lowest BCUT2D eigenvalue weighted by Crippen LogP contribution is -2.29. The Labute approximate surface area is 198 Å². The lowest BCUT2D eigenvalue weighted by Gasteiger charge is -2.07. The summed E-state index contributed by atoms with van der Waals surface area (Å²) in [7, 11) is 1.55. The van der Waals surface area contributed by atoms with E-state index in [4.69, 9.17) is 9.15 Å². The highest BCUT2D eigenvalue weighted by atomic mass is 16.5. The Balaban J connectivity index is 1.32. The highest BCUT2D eigenvalue weighted by molar-refractivity contribution is 6.34. The molecule has 9 nitrogen and oxygen atoms in total. The molecule has 0 unspecified atom stereocenters. The summed E-state index contributed by atoms with van der Waals surface area (Å²) in [4.78, 5) is 51.0. The molecule has 0 N–H and O–H groups in total. The summed E-state index contributed by atoms with van der Waals surface area (Å²) in [5.41, 5.74) is 3.05. The summed E-state index contributed by atoms with van der Waals surface area (Å²) in [5, 5.41) is 7.87. The molecule has 4 aromatic rings. The number of hydrogen-bond acceptors (Lipinski definition) is 8. The van der Waals surface area contributed by atoms with Crippen molar-refractivity contribution in [3.8, 4) is 28.3 Å². The van der Waals surface area contributed by atoms with E-state index >= 15 is 0 Å². The molecule has 0 saturated heterocycles. The molecule has 2 aliphatic rings. The van der Waals surface area contributed by atoms with Crippen molar-refractivity contribution in [3.05, 3.63) is 82.9 Å². The number of rotatable bonds is 4. The van der Waals surface area contributed by atoms with E-state index in [0.29, 0.717) is 33.6 Å². The third-order valence-corrected chi connectivity index (χ3v) is 6.10. The fourth-order valence-electron chi connectivity index (χ4n) is 4.28. The van der Waals surface area contributed by atoms with E-state index < -0.39 is 11.8 Å². The van der Waals surface area contributed by atoms with Gasteiger partial charge in [0, 0.05) is 16.7 Å². The van der Waals surface area contributed by atoms with E-state index in [0.717, 1.165) is 4.90 Å². The van der Waals surface area contributed by atoms with Crippen molar-refractivity contribution in [1.82, 2.24) is 10.2 Å². The molecule has 6 rings (SSSR count). The average Bonchev–Trinajstić information content (AvgIpc) is 3.54. The van der Waals surface area contributed by atoms with Gasteiger partial charge in [-0.25, -0.2) is 0 Å². The zero-order chi connectivity index (χ0) is 24.3. The first kappa shape index (κ1) is 20.7. The Bertz CT molecular complexity index is 1590. The summed E-state index contributed by atoms with van der Waals surface area (Å²) in [6, 6.07) is 16.5. The van der Waals surface area contributed by atoms with Gasteiger partial charge in [-0.1, -0.05) is 23.3 Å². The van der Waals surface area contributed by atoms with Crippen LogP contribution in [0.15, 0.2) is 65.1 Å². The predicted molar refractivity (Wildman–Crippen MR) is 123 cm³/mol. The van der Waals surface area contributed by atoms with E-state index in [9.17, 15) is 19.2 Å². The van der Waals surface area contributed by atoms with E-state index in [2.05, 4.69) is 10.2 Å². The van der Waals surface area contributed by atoms with Crippen LogP contribution in [0.1, 0.15) is 47.9 Å². The number of carbonyl (C=O) groups is 4. The van der Waals surface area contributed by atoms with E-state index in [1.54, 1.807) is 67.8 Å². The van der Waals surface area contributed by atoms with Gasteiger partial charge in [0.05, 0.1) is 24.7 Å². The summed E-state index contributed by atoms with van der Waals surface area (Å²) >= 11 is 0. The van der Waals surface area contributed by atoms with Gasteiger partial charge in [-0.15, -0.1) is 5.10 Å². The minimum atomic E-state index is -0.593. The summed E-state index contributed by atoms with van der Waals surface area (Å²) in [6.45, 7) is 0. The van der Waals surface area contributed by atoms with Crippen molar-refractivity contribution in [3.63, 3.8) is 0 Å². The lowest BCUT2D eigenvalue weighted by molar-refractivity contribution is 0.0904. The van der Waals surface area contributed by atoms with Crippen LogP contribution in [0.25, 0.3) is 22.6 Å². The largest absolute Gasteiger partial charge is 0.497 e. The first-order valence-electron chi connectivity index (χ1n) is 10.7. The molecule has 0 spiro atoms. The number of aromatic nitrogens is 2. The zero-order valence-electron chi connectivity index (χ0n) is 18.3. The molecular weight excluding hydrogens is 450 g/mol. The van der Waals surface area contributed by atoms with Gasteiger partial charge in [0.15, 0.2) is 11.6 Å². The quantitative estimate of drug-likeness (QED) is 0.328. The molecule has 0 fully saturated rings. The number of methoxy groups -OCH3 is 1. The fraction of sp³-hybridized carbons (Fsp3) is 0.0769. The van der Waals surface area contributed by atoms with E-state index in [-0.39, 0.29) is 41.0 Å². The monoisotopic (exact) mass is 465 g/mol. The van der Waals surface area contributed by atoms with Crippen LogP contribution >= 0.6 is 0 Å². The Morgan fingerprint density at radius 2 is 1.31 bits per heavy atom. The number of ether oxygens (including phenoxy) is 1.